The SMILES string of the molecule is CC(C)(C)OC(=O)N1CCCC(OCC(=O)O)(c2cccc(Br)c2)CC1. The van der Waals surface area contributed by atoms with Crippen molar-refractivity contribution in [3.05, 3.63) is 34.3 Å². The van der Waals surface area contributed by atoms with Crippen LogP contribution in [0.3, 0.4) is 0 Å². The van der Waals surface area contributed by atoms with Gasteiger partial charge in [0.1, 0.15) is 12.2 Å². The number of rotatable bonds is 4. The van der Waals surface area contributed by atoms with E-state index >= 15 is 0 Å². The molecule has 1 aromatic carbocycles. The zero-order chi connectivity index (χ0) is 19.4. The van der Waals surface area contributed by atoms with Gasteiger partial charge in [-0.15, -0.1) is 0 Å². The summed E-state index contributed by atoms with van der Waals surface area (Å²) in [4.78, 5) is 25.2. The van der Waals surface area contributed by atoms with Crippen LogP contribution in [-0.4, -0.2) is 47.4 Å². The number of aliphatic carboxylic acids is 1. The van der Waals surface area contributed by atoms with E-state index in [4.69, 9.17) is 14.6 Å². The molecule has 0 saturated carbocycles. The van der Waals surface area contributed by atoms with Gasteiger partial charge in [-0.25, -0.2) is 9.59 Å². The lowest BCUT2D eigenvalue weighted by atomic mass is 9.86. The van der Waals surface area contributed by atoms with Gasteiger partial charge >= 0.3 is 12.1 Å². The molecule has 1 saturated heterocycles. The third-order valence-corrected chi connectivity index (χ3v) is 4.76. The third kappa shape index (κ3) is 5.71. The van der Waals surface area contributed by atoms with Gasteiger partial charge in [-0.3, -0.25) is 0 Å². The second-order valence-electron chi connectivity index (χ2n) is 7.51. The molecule has 0 bridgehead atoms. The Labute approximate surface area is 162 Å². The van der Waals surface area contributed by atoms with Crippen molar-refractivity contribution >= 4 is 28.0 Å². The molecule has 7 heteroatoms. The number of carboxylic acids is 1. The molecule has 1 N–H and O–H groups in total. The number of benzene rings is 1. The van der Waals surface area contributed by atoms with E-state index in [2.05, 4.69) is 15.9 Å². The molecule has 2 rings (SSSR count). The number of amides is 1. The molecule has 1 heterocycles. The highest BCUT2D eigenvalue weighted by Gasteiger charge is 2.38. The Bertz CT molecular complexity index is 658. The fourth-order valence-electron chi connectivity index (χ4n) is 3.11. The van der Waals surface area contributed by atoms with E-state index in [1.807, 2.05) is 45.0 Å². The van der Waals surface area contributed by atoms with Gasteiger partial charge in [-0.2, -0.15) is 0 Å². The molecular weight excluding hydrogens is 402 g/mol. The van der Waals surface area contributed by atoms with E-state index in [0.717, 1.165) is 10.0 Å². The van der Waals surface area contributed by atoms with E-state index < -0.39 is 17.2 Å². The normalized spacial score (nSPS) is 21.2. The first-order valence-corrected chi connectivity index (χ1v) is 9.50. The van der Waals surface area contributed by atoms with Gasteiger partial charge in [0.15, 0.2) is 0 Å². The standard InChI is InChI=1S/C19H26BrNO5/c1-18(2,3)26-17(24)21-10-5-8-19(9-11-21,25-13-16(22)23)14-6-4-7-15(20)12-14/h4,6-7,12H,5,8-11,13H2,1-3H3,(H,22,23). The smallest absolute Gasteiger partial charge is 0.410 e. The first kappa shape index (κ1) is 20.7. The van der Waals surface area contributed by atoms with Crippen LogP contribution < -0.4 is 0 Å². The van der Waals surface area contributed by atoms with Crippen molar-refractivity contribution < 1.29 is 24.2 Å². The minimum atomic E-state index is -1.01. The van der Waals surface area contributed by atoms with Gasteiger partial charge in [-0.1, -0.05) is 28.1 Å². The van der Waals surface area contributed by atoms with Crippen LogP contribution in [-0.2, 0) is 19.9 Å². The summed E-state index contributed by atoms with van der Waals surface area (Å²) < 4.78 is 12.3. The number of carboxylic acid groups (broad SMARTS) is 1. The fraction of sp³-hybridized carbons (Fsp3) is 0.579. The summed E-state index contributed by atoms with van der Waals surface area (Å²) in [6.45, 7) is 6.14. The summed E-state index contributed by atoms with van der Waals surface area (Å²) in [6.07, 6.45) is 1.50. The highest BCUT2D eigenvalue weighted by Crippen LogP contribution is 2.38. The Kier molecular flexibility index (Phi) is 6.69. The number of carbonyl (C=O) groups excluding carboxylic acids is 1. The van der Waals surface area contributed by atoms with E-state index in [9.17, 15) is 9.59 Å². The van der Waals surface area contributed by atoms with Gasteiger partial charge < -0.3 is 19.5 Å². The summed E-state index contributed by atoms with van der Waals surface area (Å²) in [5.41, 5.74) is -0.372. The van der Waals surface area contributed by atoms with Crippen molar-refractivity contribution in [2.45, 2.75) is 51.2 Å². The maximum atomic E-state index is 12.4. The Morgan fingerprint density at radius 3 is 2.62 bits per heavy atom. The van der Waals surface area contributed by atoms with Crippen LogP contribution in [0.25, 0.3) is 0 Å². The number of hydrogen-bond donors (Lipinski definition) is 1. The quantitative estimate of drug-likeness (QED) is 0.779. The van der Waals surface area contributed by atoms with Crippen molar-refractivity contribution in [2.24, 2.45) is 0 Å². The first-order valence-electron chi connectivity index (χ1n) is 8.71. The number of nitrogens with zero attached hydrogens (tertiary/aromatic N) is 1. The zero-order valence-corrected chi connectivity index (χ0v) is 17.0. The molecular formula is C19H26BrNO5. The average molecular weight is 428 g/mol. The van der Waals surface area contributed by atoms with Gasteiger partial charge in [0, 0.05) is 17.6 Å². The summed E-state index contributed by atoms with van der Waals surface area (Å²) in [5, 5.41) is 9.08. The summed E-state index contributed by atoms with van der Waals surface area (Å²) in [7, 11) is 0. The van der Waals surface area contributed by atoms with E-state index in [-0.39, 0.29) is 12.7 Å². The molecule has 1 atom stereocenters. The van der Waals surface area contributed by atoms with Crippen LogP contribution in [0.4, 0.5) is 4.79 Å². The van der Waals surface area contributed by atoms with Crippen molar-refractivity contribution in [3.63, 3.8) is 0 Å². The Morgan fingerprint density at radius 1 is 1.27 bits per heavy atom. The molecule has 0 spiro atoms. The predicted molar refractivity (Wildman–Crippen MR) is 101 cm³/mol. The second-order valence-corrected chi connectivity index (χ2v) is 8.42. The fourth-order valence-corrected chi connectivity index (χ4v) is 3.50. The lowest BCUT2D eigenvalue weighted by Gasteiger charge is -2.33. The zero-order valence-electron chi connectivity index (χ0n) is 15.5. The van der Waals surface area contributed by atoms with Crippen LogP contribution in [0.15, 0.2) is 28.7 Å². The van der Waals surface area contributed by atoms with Crippen molar-refractivity contribution in [1.82, 2.24) is 4.90 Å². The minimum absolute atomic E-state index is 0.347. The second kappa shape index (κ2) is 8.39. The number of hydrogen-bond acceptors (Lipinski definition) is 4. The number of halogens is 1. The number of ether oxygens (including phenoxy) is 2. The van der Waals surface area contributed by atoms with Gasteiger partial charge in [-0.05, 0) is 57.7 Å². The highest BCUT2D eigenvalue weighted by atomic mass is 79.9. The maximum absolute atomic E-state index is 12.4. The largest absolute Gasteiger partial charge is 0.480 e. The molecule has 1 amide bonds. The first-order chi connectivity index (χ1) is 12.1. The molecule has 1 unspecified atom stereocenters. The van der Waals surface area contributed by atoms with Crippen LogP contribution in [0.5, 0.6) is 0 Å². The van der Waals surface area contributed by atoms with Gasteiger partial charge in [0.25, 0.3) is 0 Å². The Morgan fingerprint density at radius 2 is 2.00 bits per heavy atom. The van der Waals surface area contributed by atoms with Crippen molar-refractivity contribution in [1.29, 1.82) is 0 Å². The highest BCUT2D eigenvalue weighted by molar-refractivity contribution is 9.10. The average Bonchev–Trinajstić information content (AvgIpc) is 2.75. The molecule has 0 aliphatic carbocycles. The van der Waals surface area contributed by atoms with Crippen LogP contribution in [0.1, 0.15) is 45.6 Å². The number of carbonyl (C=O) groups is 2. The third-order valence-electron chi connectivity index (χ3n) is 4.27. The lowest BCUT2D eigenvalue weighted by Crippen LogP contribution is -2.38. The summed E-state index contributed by atoms with van der Waals surface area (Å²) in [5.74, 6) is -1.01. The topological polar surface area (TPSA) is 76.1 Å². The monoisotopic (exact) mass is 427 g/mol. The molecule has 6 nitrogen and oxygen atoms in total. The minimum Gasteiger partial charge on any atom is -0.480 e. The van der Waals surface area contributed by atoms with Crippen LogP contribution in [0.2, 0.25) is 0 Å². The van der Waals surface area contributed by atoms with E-state index in [0.29, 0.717) is 32.4 Å². The van der Waals surface area contributed by atoms with Crippen molar-refractivity contribution in [2.75, 3.05) is 19.7 Å². The number of likely N-dealkylation sites (tertiary alicyclic amines) is 1. The van der Waals surface area contributed by atoms with Crippen LogP contribution in [0, 0.1) is 0 Å². The van der Waals surface area contributed by atoms with E-state index in [1.54, 1.807) is 4.90 Å². The van der Waals surface area contributed by atoms with Gasteiger partial charge in [0.2, 0.25) is 0 Å². The Hall–Kier alpha value is -1.60. The maximum Gasteiger partial charge on any atom is 0.410 e. The molecule has 26 heavy (non-hydrogen) atoms. The molecule has 144 valence electrons. The predicted octanol–water partition coefficient (Wildman–Crippen LogP) is 4.17. The van der Waals surface area contributed by atoms with E-state index in [1.165, 1.54) is 0 Å². The molecule has 0 aromatic heterocycles. The lowest BCUT2D eigenvalue weighted by molar-refractivity contribution is -0.151. The molecule has 1 aromatic rings. The molecule has 1 fully saturated rings. The molecule has 0 radical (unpaired) electrons. The summed E-state index contributed by atoms with van der Waals surface area (Å²) >= 11 is 3.46. The van der Waals surface area contributed by atoms with Crippen molar-refractivity contribution in [3.8, 4) is 0 Å². The van der Waals surface area contributed by atoms with Crippen LogP contribution >= 0.6 is 15.9 Å². The Balaban J connectivity index is 2.21. The molecule has 1 aliphatic rings. The molecule has 1 aliphatic heterocycles. The summed E-state index contributed by atoms with van der Waals surface area (Å²) in [6, 6.07) is 7.71. The van der Waals surface area contributed by atoms with Gasteiger partial charge in [0.05, 0.1) is 5.60 Å².